The molecule has 0 amide bonds. The van der Waals surface area contributed by atoms with E-state index in [1.54, 1.807) is 6.07 Å². The molecule has 0 saturated carbocycles. The van der Waals surface area contributed by atoms with E-state index in [-0.39, 0.29) is 11.6 Å². The molecular weight excluding hydrogens is 219 g/mol. The van der Waals surface area contributed by atoms with Gasteiger partial charge in [0.05, 0.1) is 0 Å². The summed E-state index contributed by atoms with van der Waals surface area (Å²) in [6.45, 7) is 1.85. The SMILES string of the molecule is Cc1ccc(F)c2c1C(=O)CC2.O=S=O. The Kier molecular flexibility index (Phi) is 3.85. The zero-order valence-corrected chi connectivity index (χ0v) is 8.90. The number of ketones is 1. The molecule has 3 nitrogen and oxygen atoms in total. The maximum atomic E-state index is 13.1. The lowest BCUT2D eigenvalue weighted by atomic mass is 10.0. The zero-order chi connectivity index (χ0) is 11.4. The van der Waals surface area contributed by atoms with Gasteiger partial charge >= 0.3 is 11.6 Å². The molecule has 0 bridgehead atoms. The number of aryl methyl sites for hydroxylation is 1. The summed E-state index contributed by atoms with van der Waals surface area (Å²) in [7, 11) is 0. The Morgan fingerprint density at radius 1 is 1.27 bits per heavy atom. The standard InChI is InChI=1S/C10H9FO.O2S/c1-6-2-4-8(11)7-3-5-9(12)10(6)7;1-3-2/h2,4H,3,5H2,1H3;. The van der Waals surface area contributed by atoms with Crippen LogP contribution in [0.15, 0.2) is 12.1 Å². The third-order valence-corrected chi connectivity index (χ3v) is 2.34. The topological polar surface area (TPSA) is 51.2 Å². The van der Waals surface area contributed by atoms with Crippen LogP contribution in [0.25, 0.3) is 0 Å². The van der Waals surface area contributed by atoms with Crippen molar-refractivity contribution >= 4 is 17.4 Å². The van der Waals surface area contributed by atoms with Crippen LogP contribution in [0.4, 0.5) is 4.39 Å². The van der Waals surface area contributed by atoms with Gasteiger partial charge in [-0.25, -0.2) is 4.39 Å². The first kappa shape index (κ1) is 11.7. The molecule has 0 N–H and O–H groups in total. The van der Waals surface area contributed by atoms with E-state index in [1.807, 2.05) is 6.92 Å². The van der Waals surface area contributed by atoms with E-state index in [0.717, 1.165) is 5.56 Å². The second kappa shape index (κ2) is 4.93. The highest BCUT2D eigenvalue weighted by atomic mass is 32.1. The molecule has 0 spiro atoms. The van der Waals surface area contributed by atoms with Gasteiger partial charge in [-0.1, -0.05) is 6.07 Å². The van der Waals surface area contributed by atoms with Crippen molar-refractivity contribution in [1.29, 1.82) is 0 Å². The fourth-order valence-electron chi connectivity index (χ4n) is 1.74. The van der Waals surface area contributed by atoms with Crippen molar-refractivity contribution < 1.29 is 17.6 Å². The van der Waals surface area contributed by atoms with Gasteiger partial charge in [0.25, 0.3) is 0 Å². The van der Waals surface area contributed by atoms with Crippen molar-refractivity contribution in [2.45, 2.75) is 19.8 Å². The fraction of sp³-hybridized carbons (Fsp3) is 0.300. The van der Waals surface area contributed by atoms with Crippen LogP contribution in [0, 0.1) is 12.7 Å². The van der Waals surface area contributed by atoms with E-state index in [1.165, 1.54) is 6.07 Å². The molecule has 1 aromatic rings. The maximum absolute atomic E-state index is 13.1. The molecule has 0 heterocycles. The van der Waals surface area contributed by atoms with Gasteiger partial charge in [-0.2, -0.15) is 8.42 Å². The normalized spacial score (nSPS) is 12.8. The molecule has 0 fully saturated rings. The highest BCUT2D eigenvalue weighted by Gasteiger charge is 2.23. The monoisotopic (exact) mass is 228 g/mol. The summed E-state index contributed by atoms with van der Waals surface area (Å²) in [4.78, 5) is 11.3. The summed E-state index contributed by atoms with van der Waals surface area (Å²) in [5.41, 5.74) is 2.13. The average Bonchev–Trinajstić information content (AvgIpc) is 2.57. The van der Waals surface area contributed by atoms with Gasteiger partial charge in [0.2, 0.25) is 0 Å². The van der Waals surface area contributed by atoms with Gasteiger partial charge in [0.15, 0.2) is 5.78 Å². The summed E-state index contributed by atoms with van der Waals surface area (Å²) >= 11 is -0.750. The first-order chi connectivity index (χ1) is 7.11. The van der Waals surface area contributed by atoms with Crippen LogP contribution in [-0.4, -0.2) is 14.2 Å². The number of carbonyl (C=O) groups is 1. The summed E-state index contributed by atoms with van der Waals surface area (Å²) < 4.78 is 29.7. The Morgan fingerprint density at radius 2 is 1.87 bits per heavy atom. The third-order valence-electron chi connectivity index (χ3n) is 2.34. The first-order valence-electron chi connectivity index (χ1n) is 4.34. The highest BCUT2D eigenvalue weighted by Crippen LogP contribution is 2.27. The number of Topliss-reactive ketones (excluding diaryl/α,β-unsaturated/α-hetero) is 1. The maximum Gasteiger partial charge on any atom is 0.335 e. The molecule has 80 valence electrons. The van der Waals surface area contributed by atoms with E-state index in [4.69, 9.17) is 8.42 Å². The van der Waals surface area contributed by atoms with Crippen LogP contribution in [0.2, 0.25) is 0 Å². The molecule has 1 aliphatic carbocycles. The number of fused-ring (bicyclic) bond motifs is 1. The van der Waals surface area contributed by atoms with Gasteiger partial charge in [0, 0.05) is 12.0 Å². The fourth-order valence-corrected chi connectivity index (χ4v) is 1.74. The van der Waals surface area contributed by atoms with Crippen molar-refractivity contribution in [1.82, 2.24) is 0 Å². The molecule has 0 atom stereocenters. The number of hydrogen-bond acceptors (Lipinski definition) is 3. The Balaban J connectivity index is 0.000000337. The smallest absolute Gasteiger partial charge is 0.294 e. The number of rotatable bonds is 0. The lowest BCUT2D eigenvalue weighted by Crippen LogP contribution is -1.96. The second-order valence-electron chi connectivity index (χ2n) is 3.21. The molecule has 0 aliphatic heterocycles. The zero-order valence-electron chi connectivity index (χ0n) is 8.08. The summed E-state index contributed by atoms with van der Waals surface area (Å²) in [5.74, 6) is -0.150. The van der Waals surface area contributed by atoms with Crippen molar-refractivity contribution in [2.24, 2.45) is 0 Å². The van der Waals surface area contributed by atoms with Gasteiger partial charge in [-0.3, -0.25) is 4.79 Å². The van der Waals surface area contributed by atoms with E-state index in [0.29, 0.717) is 24.0 Å². The second-order valence-corrected chi connectivity index (χ2v) is 3.35. The number of benzene rings is 1. The van der Waals surface area contributed by atoms with Crippen molar-refractivity contribution in [2.75, 3.05) is 0 Å². The molecule has 0 saturated heterocycles. The van der Waals surface area contributed by atoms with Crippen molar-refractivity contribution in [3.63, 3.8) is 0 Å². The van der Waals surface area contributed by atoms with Crippen LogP contribution < -0.4 is 0 Å². The van der Waals surface area contributed by atoms with Crippen molar-refractivity contribution in [3.8, 4) is 0 Å². The molecule has 1 aromatic carbocycles. The van der Waals surface area contributed by atoms with E-state index in [2.05, 4.69) is 0 Å². The Hall–Kier alpha value is -1.36. The lowest BCUT2D eigenvalue weighted by molar-refractivity contribution is 0.0994. The van der Waals surface area contributed by atoms with Gasteiger partial charge < -0.3 is 0 Å². The first-order valence-corrected chi connectivity index (χ1v) is 5.01. The predicted octanol–water partition coefficient (Wildman–Crippen LogP) is 1.59. The van der Waals surface area contributed by atoms with Crippen molar-refractivity contribution in [3.05, 3.63) is 34.6 Å². The summed E-state index contributed by atoms with van der Waals surface area (Å²) in [6.07, 6.45) is 1.04. The minimum atomic E-state index is -0.750. The van der Waals surface area contributed by atoms with Gasteiger partial charge in [-0.15, -0.1) is 0 Å². The van der Waals surface area contributed by atoms with Gasteiger partial charge in [0.1, 0.15) is 5.82 Å². The Morgan fingerprint density at radius 3 is 2.40 bits per heavy atom. The summed E-state index contributed by atoms with van der Waals surface area (Å²) in [5, 5.41) is 0. The van der Waals surface area contributed by atoms with E-state index < -0.39 is 11.6 Å². The van der Waals surface area contributed by atoms with Crippen LogP contribution in [-0.2, 0) is 18.0 Å². The third kappa shape index (κ3) is 2.36. The average molecular weight is 228 g/mol. The molecule has 5 heteroatoms. The Labute approximate surface area is 89.9 Å². The minimum Gasteiger partial charge on any atom is -0.294 e. The molecule has 15 heavy (non-hydrogen) atoms. The Bertz CT molecular complexity index is 437. The molecular formula is C10H9FO3S. The van der Waals surface area contributed by atoms with Crippen LogP contribution in [0.1, 0.15) is 27.9 Å². The number of hydrogen-bond donors (Lipinski definition) is 0. The van der Waals surface area contributed by atoms with E-state index >= 15 is 0 Å². The van der Waals surface area contributed by atoms with Crippen LogP contribution in [0.3, 0.4) is 0 Å². The predicted molar refractivity (Wildman–Crippen MR) is 52.7 cm³/mol. The van der Waals surface area contributed by atoms with Gasteiger partial charge in [-0.05, 0) is 30.5 Å². The minimum absolute atomic E-state index is 0.0852. The van der Waals surface area contributed by atoms with Crippen LogP contribution >= 0.6 is 0 Å². The number of carbonyl (C=O) groups excluding carboxylic acids is 1. The lowest BCUT2D eigenvalue weighted by Gasteiger charge is -2.02. The molecule has 1 aliphatic rings. The number of halogens is 1. The summed E-state index contributed by atoms with van der Waals surface area (Å²) in [6, 6.07) is 3.10. The molecule has 0 aromatic heterocycles. The quantitative estimate of drug-likeness (QED) is 0.677. The van der Waals surface area contributed by atoms with E-state index in [9.17, 15) is 9.18 Å². The molecule has 2 rings (SSSR count). The highest BCUT2D eigenvalue weighted by molar-refractivity contribution is 7.51. The van der Waals surface area contributed by atoms with Crippen LogP contribution in [0.5, 0.6) is 0 Å². The molecule has 0 unspecified atom stereocenters. The largest absolute Gasteiger partial charge is 0.335 e. The molecule has 0 radical (unpaired) electrons.